The van der Waals surface area contributed by atoms with E-state index in [9.17, 15) is 31.1 Å². The molecule has 1 aromatic carbocycles. The first kappa shape index (κ1) is 14.3. The van der Waals surface area contributed by atoms with Crippen molar-refractivity contribution < 1.29 is 35.9 Å². The summed E-state index contributed by atoms with van der Waals surface area (Å²) in [5, 5.41) is 0. The van der Waals surface area contributed by atoms with Crippen LogP contribution in [0.5, 0.6) is 5.75 Å². The summed E-state index contributed by atoms with van der Waals surface area (Å²) in [6, 6.07) is 1.32. The fourth-order valence-corrected chi connectivity index (χ4v) is 1.21. The van der Waals surface area contributed by atoms with E-state index in [0.29, 0.717) is 12.1 Å². The van der Waals surface area contributed by atoms with Crippen molar-refractivity contribution in [3.63, 3.8) is 0 Å². The molecule has 100 valence electrons. The van der Waals surface area contributed by atoms with Gasteiger partial charge in [-0.05, 0) is 18.2 Å². The SMILES string of the molecule is COc1ccc(C(F)(F)F)cc1C(=O)C(F)(F)F. The molecule has 0 fully saturated rings. The van der Waals surface area contributed by atoms with Crippen LogP contribution in [0.1, 0.15) is 15.9 Å². The van der Waals surface area contributed by atoms with Gasteiger partial charge in [-0.15, -0.1) is 0 Å². The lowest BCUT2D eigenvalue weighted by atomic mass is 10.1. The predicted octanol–water partition coefficient (Wildman–Crippen LogP) is 3.46. The summed E-state index contributed by atoms with van der Waals surface area (Å²) in [6.07, 6.45) is -10.1. The lowest BCUT2D eigenvalue weighted by Gasteiger charge is -2.13. The minimum Gasteiger partial charge on any atom is -0.496 e. The Hall–Kier alpha value is -1.73. The van der Waals surface area contributed by atoms with Gasteiger partial charge in [-0.25, -0.2) is 0 Å². The number of hydrogen-bond donors (Lipinski definition) is 0. The molecule has 0 aliphatic rings. The number of halogens is 6. The van der Waals surface area contributed by atoms with Crippen molar-refractivity contribution in [2.45, 2.75) is 12.4 Å². The molecule has 0 aromatic heterocycles. The monoisotopic (exact) mass is 272 g/mol. The van der Waals surface area contributed by atoms with Gasteiger partial charge in [0.05, 0.1) is 18.2 Å². The van der Waals surface area contributed by atoms with Gasteiger partial charge < -0.3 is 4.74 Å². The fraction of sp³-hybridized carbons (Fsp3) is 0.300. The maximum absolute atomic E-state index is 12.3. The number of benzene rings is 1. The third-order valence-electron chi connectivity index (χ3n) is 2.03. The second kappa shape index (κ2) is 4.51. The van der Waals surface area contributed by atoms with Crippen molar-refractivity contribution >= 4 is 5.78 Å². The molecule has 0 bridgehead atoms. The Kier molecular flexibility index (Phi) is 3.59. The molecule has 0 saturated carbocycles. The van der Waals surface area contributed by atoms with Crippen LogP contribution in [0.4, 0.5) is 26.3 Å². The topological polar surface area (TPSA) is 26.3 Å². The molecule has 0 radical (unpaired) electrons. The van der Waals surface area contributed by atoms with E-state index in [-0.39, 0.29) is 6.07 Å². The van der Waals surface area contributed by atoms with Crippen LogP contribution in [0.25, 0.3) is 0 Å². The molecular formula is C10H6F6O2. The van der Waals surface area contributed by atoms with Gasteiger partial charge in [0.1, 0.15) is 5.75 Å². The number of Topliss-reactive ketones (excluding diaryl/α,β-unsaturated/α-hetero) is 1. The van der Waals surface area contributed by atoms with Crippen LogP contribution >= 0.6 is 0 Å². The van der Waals surface area contributed by atoms with Gasteiger partial charge in [0.2, 0.25) is 0 Å². The number of alkyl halides is 6. The van der Waals surface area contributed by atoms with Crippen molar-refractivity contribution in [3.05, 3.63) is 29.3 Å². The van der Waals surface area contributed by atoms with E-state index in [4.69, 9.17) is 0 Å². The standard InChI is InChI=1S/C10H6F6O2/c1-18-7-3-2-5(9(11,12)13)4-6(7)8(17)10(14,15)16/h2-4H,1H3. The number of hydrogen-bond acceptors (Lipinski definition) is 2. The Morgan fingerprint density at radius 2 is 1.67 bits per heavy atom. The molecule has 0 heterocycles. The van der Waals surface area contributed by atoms with Crippen molar-refractivity contribution in [1.29, 1.82) is 0 Å². The van der Waals surface area contributed by atoms with Crippen molar-refractivity contribution in [3.8, 4) is 5.75 Å². The highest BCUT2D eigenvalue weighted by molar-refractivity contribution is 6.02. The minimum absolute atomic E-state index is 0.120. The largest absolute Gasteiger partial charge is 0.496 e. The van der Waals surface area contributed by atoms with Gasteiger partial charge in [0.15, 0.2) is 0 Å². The van der Waals surface area contributed by atoms with Crippen LogP contribution in [0, 0.1) is 0 Å². The van der Waals surface area contributed by atoms with Gasteiger partial charge in [-0.1, -0.05) is 0 Å². The summed E-state index contributed by atoms with van der Waals surface area (Å²) < 4.78 is 78.0. The Labute approximate surface area is 97.2 Å². The first-order valence-electron chi connectivity index (χ1n) is 4.44. The lowest BCUT2D eigenvalue weighted by molar-refractivity contribution is -0.137. The fourth-order valence-electron chi connectivity index (χ4n) is 1.21. The predicted molar refractivity (Wildman–Crippen MR) is 48.4 cm³/mol. The zero-order valence-electron chi connectivity index (χ0n) is 8.82. The van der Waals surface area contributed by atoms with E-state index in [1.807, 2.05) is 0 Å². The van der Waals surface area contributed by atoms with Crippen LogP contribution in [-0.2, 0) is 6.18 Å². The van der Waals surface area contributed by atoms with Crippen molar-refractivity contribution in [1.82, 2.24) is 0 Å². The first-order valence-corrected chi connectivity index (χ1v) is 4.44. The Morgan fingerprint density at radius 1 is 1.11 bits per heavy atom. The number of ketones is 1. The second-order valence-electron chi connectivity index (χ2n) is 3.24. The van der Waals surface area contributed by atoms with Crippen molar-refractivity contribution in [2.75, 3.05) is 7.11 Å². The van der Waals surface area contributed by atoms with E-state index in [1.165, 1.54) is 0 Å². The number of methoxy groups -OCH3 is 1. The van der Waals surface area contributed by atoms with E-state index >= 15 is 0 Å². The molecule has 1 rings (SSSR count). The summed E-state index contributed by atoms with van der Waals surface area (Å²) in [5.41, 5.74) is -2.52. The highest BCUT2D eigenvalue weighted by atomic mass is 19.4. The summed E-state index contributed by atoms with van der Waals surface area (Å²) in [6.45, 7) is 0. The first-order chi connectivity index (χ1) is 8.07. The zero-order chi connectivity index (χ0) is 14.1. The van der Waals surface area contributed by atoms with Crippen LogP contribution in [-0.4, -0.2) is 19.1 Å². The van der Waals surface area contributed by atoms with Gasteiger partial charge >= 0.3 is 12.4 Å². The molecule has 0 aliphatic carbocycles. The third kappa shape index (κ3) is 2.93. The minimum atomic E-state index is -5.27. The normalized spacial score (nSPS) is 12.4. The van der Waals surface area contributed by atoms with Crippen molar-refractivity contribution in [2.24, 2.45) is 0 Å². The number of carbonyl (C=O) groups excluding carboxylic acids is 1. The number of carbonyl (C=O) groups is 1. The smallest absolute Gasteiger partial charge is 0.455 e. The van der Waals surface area contributed by atoms with Gasteiger partial charge in [-0.2, -0.15) is 26.3 Å². The Bertz CT molecular complexity index is 460. The molecule has 0 N–H and O–H groups in total. The van der Waals surface area contributed by atoms with Gasteiger partial charge in [-0.3, -0.25) is 4.79 Å². The third-order valence-corrected chi connectivity index (χ3v) is 2.03. The van der Waals surface area contributed by atoms with Crippen LogP contribution in [0.2, 0.25) is 0 Å². The second-order valence-corrected chi connectivity index (χ2v) is 3.24. The number of rotatable bonds is 2. The van der Waals surface area contributed by atoms with Crippen LogP contribution in [0.3, 0.4) is 0 Å². The molecule has 18 heavy (non-hydrogen) atoms. The zero-order valence-corrected chi connectivity index (χ0v) is 8.82. The molecule has 0 amide bonds. The highest BCUT2D eigenvalue weighted by Gasteiger charge is 2.42. The van der Waals surface area contributed by atoms with Gasteiger partial charge in [0, 0.05) is 0 Å². The maximum Gasteiger partial charge on any atom is 0.455 e. The molecule has 0 saturated heterocycles. The summed E-state index contributed by atoms with van der Waals surface area (Å²) in [7, 11) is 0.954. The average molecular weight is 272 g/mol. The molecule has 0 atom stereocenters. The van der Waals surface area contributed by atoms with Crippen LogP contribution < -0.4 is 4.74 Å². The molecular weight excluding hydrogens is 266 g/mol. The average Bonchev–Trinajstić information content (AvgIpc) is 2.24. The lowest BCUT2D eigenvalue weighted by Crippen LogP contribution is -2.24. The molecule has 8 heteroatoms. The van der Waals surface area contributed by atoms with Gasteiger partial charge in [0.25, 0.3) is 5.78 Å². The van der Waals surface area contributed by atoms with E-state index < -0.39 is 35.0 Å². The van der Waals surface area contributed by atoms with E-state index in [2.05, 4.69) is 4.74 Å². The molecule has 0 spiro atoms. The van der Waals surface area contributed by atoms with E-state index in [0.717, 1.165) is 7.11 Å². The maximum atomic E-state index is 12.3. The molecule has 2 nitrogen and oxygen atoms in total. The van der Waals surface area contributed by atoms with E-state index in [1.54, 1.807) is 0 Å². The summed E-state index contributed by atoms with van der Waals surface area (Å²) >= 11 is 0. The van der Waals surface area contributed by atoms with Crippen LogP contribution in [0.15, 0.2) is 18.2 Å². The number of ether oxygens (including phenoxy) is 1. The Balaban J connectivity index is 3.36. The molecule has 1 aromatic rings. The summed E-state index contributed by atoms with van der Waals surface area (Å²) in [4.78, 5) is 11.0. The summed E-state index contributed by atoms with van der Waals surface area (Å²) in [5.74, 6) is -2.95. The molecule has 0 aliphatic heterocycles. The highest BCUT2D eigenvalue weighted by Crippen LogP contribution is 2.34. The Morgan fingerprint density at radius 3 is 2.06 bits per heavy atom. The quantitative estimate of drug-likeness (QED) is 0.608. The molecule has 0 unspecified atom stereocenters.